The summed E-state index contributed by atoms with van der Waals surface area (Å²) in [6, 6.07) is 12.5. The van der Waals surface area contributed by atoms with Gasteiger partial charge in [0.25, 0.3) is 5.91 Å². The predicted molar refractivity (Wildman–Crippen MR) is 113 cm³/mol. The van der Waals surface area contributed by atoms with Crippen molar-refractivity contribution in [2.24, 2.45) is 0 Å². The van der Waals surface area contributed by atoms with Crippen molar-refractivity contribution in [1.29, 1.82) is 5.26 Å². The molecule has 0 aliphatic heterocycles. The largest absolute Gasteiger partial charge is 0.490 e. The Morgan fingerprint density at radius 2 is 1.97 bits per heavy atom. The van der Waals surface area contributed by atoms with Crippen LogP contribution in [-0.4, -0.2) is 37.0 Å². The summed E-state index contributed by atoms with van der Waals surface area (Å²) in [6.07, 6.45) is 0. The average molecular weight is 460 g/mol. The Hall–Kier alpha value is -3.05. The first-order chi connectivity index (χ1) is 13.8. The summed E-state index contributed by atoms with van der Waals surface area (Å²) >= 11 is 3.35. The number of benzene rings is 2. The summed E-state index contributed by atoms with van der Waals surface area (Å²) in [6.45, 7) is 3.82. The summed E-state index contributed by atoms with van der Waals surface area (Å²) in [5.74, 6) is 0.311. The molecule has 7 nitrogen and oxygen atoms in total. The minimum Gasteiger partial charge on any atom is -0.490 e. The lowest BCUT2D eigenvalue weighted by atomic mass is 10.1. The molecule has 0 spiro atoms. The minimum absolute atomic E-state index is 0.0661. The maximum atomic E-state index is 12.4. The molecule has 0 atom stereocenters. The number of carbonyl (C=O) groups excluding carboxylic acids is 2. The van der Waals surface area contributed by atoms with Crippen molar-refractivity contribution < 1.29 is 19.1 Å². The Balaban J connectivity index is 2.10. The van der Waals surface area contributed by atoms with E-state index in [0.717, 1.165) is 5.56 Å². The first-order valence-corrected chi connectivity index (χ1v) is 9.73. The van der Waals surface area contributed by atoms with Crippen LogP contribution in [0.1, 0.15) is 25.0 Å². The van der Waals surface area contributed by atoms with Crippen LogP contribution in [0.2, 0.25) is 0 Å². The van der Waals surface area contributed by atoms with Crippen LogP contribution < -0.4 is 14.8 Å². The molecule has 0 aliphatic carbocycles. The quantitative estimate of drug-likeness (QED) is 0.649. The molecule has 0 heterocycles. The molecule has 0 radical (unpaired) electrons. The fourth-order valence-corrected chi connectivity index (χ4v) is 3.06. The first-order valence-electron chi connectivity index (χ1n) is 8.94. The third-order valence-corrected chi connectivity index (χ3v) is 4.61. The van der Waals surface area contributed by atoms with Crippen molar-refractivity contribution in [2.75, 3.05) is 25.6 Å². The Bertz CT molecular complexity index is 940. The zero-order chi connectivity index (χ0) is 21.4. The van der Waals surface area contributed by atoms with Gasteiger partial charge in [-0.2, -0.15) is 5.26 Å². The van der Waals surface area contributed by atoms with Crippen molar-refractivity contribution in [1.82, 2.24) is 4.90 Å². The molecule has 0 aromatic heterocycles. The molecule has 0 saturated heterocycles. The monoisotopic (exact) mass is 459 g/mol. The number of carbonyl (C=O) groups is 2. The zero-order valence-corrected chi connectivity index (χ0v) is 18.1. The van der Waals surface area contributed by atoms with Gasteiger partial charge in [0.05, 0.1) is 22.7 Å². The Labute approximate surface area is 178 Å². The zero-order valence-electron chi connectivity index (χ0n) is 16.5. The lowest BCUT2D eigenvalue weighted by Gasteiger charge is -2.18. The van der Waals surface area contributed by atoms with E-state index in [0.29, 0.717) is 40.4 Å². The molecule has 8 heteroatoms. The second-order valence-electron chi connectivity index (χ2n) is 6.20. The summed E-state index contributed by atoms with van der Waals surface area (Å²) in [7, 11) is 1.70. The molecule has 0 unspecified atom stereocenters. The SMILES string of the molecule is CCOc1cc(C#N)cc(Br)c1OCC(=O)Nc1ccccc1CN(C)C(C)=O. The maximum absolute atomic E-state index is 12.4. The normalized spacial score (nSPS) is 10.0. The molecule has 2 aromatic rings. The number of para-hydroxylation sites is 1. The number of hydrogen-bond acceptors (Lipinski definition) is 5. The highest BCUT2D eigenvalue weighted by Crippen LogP contribution is 2.36. The van der Waals surface area contributed by atoms with E-state index >= 15 is 0 Å². The number of halogens is 1. The van der Waals surface area contributed by atoms with Crippen molar-refractivity contribution in [2.45, 2.75) is 20.4 Å². The van der Waals surface area contributed by atoms with Crippen molar-refractivity contribution in [3.8, 4) is 17.6 Å². The third kappa shape index (κ3) is 6.22. The van der Waals surface area contributed by atoms with Crippen LogP contribution in [0.15, 0.2) is 40.9 Å². The topological polar surface area (TPSA) is 91.7 Å². The van der Waals surface area contributed by atoms with Gasteiger partial charge in [0.15, 0.2) is 18.1 Å². The van der Waals surface area contributed by atoms with Crippen LogP contribution in [0.4, 0.5) is 5.69 Å². The van der Waals surface area contributed by atoms with E-state index in [2.05, 4.69) is 21.2 Å². The van der Waals surface area contributed by atoms with Crippen LogP contribution in [0.5, 0.6) is 11.5 Å². The van der Waals surface area contributed by atoms with Crippen LogP contribution >= 0.6 is 15.9 Å². The highest BCUT2D eigenvalue weighted by atomic mass is 79.9. The Morgan fingerprint density at radius 1 is 1.24 bits per heavy atom. The fraction of sp³-hybridized carbons (Fsp3) is 0.286. The fourth-order valence-electron chi connectivity index (χ4n) is 2.51. The molecule has 0 saturated carbocycles. The van der Waals surface area contributed by atoms with Gasteiger partial charge < -0.3 is 19.7 Å². The van der Waals surface area contributed by atoms with Gasteiger partial charge in [0.1, 0.15) is 0 Å². The second kappa shape index (κ2) is 10.5. The molecule has 0 bridgehead atoms. The van der Waals surface area contributed by atoms with Gasteiger partial charge in [-0.15, -0.1) is 0 Å². The number of amides is 2. The van der Waals surface area contributed by atoms with E-state index in [-0.39, 0.29) is 18.4 Å². The number of nitriles is 1. The highest BCUT2D eigenvalue weighted by Gasteiger charge is 2.15. The summed E-state index contributed by atoms with van der Waals surface area (Å²) in [5.41, 5.74) is 1.84. The number of nitrogens with one attached hydrogen (secondary N) is 1. The molecule has 152 valence electrons. The van der Waals surface area contributed by atoms with Gasteiger partial charge in [-0.05, 0) is 40.5 Å². The highest BCUT2D eigenvalue weighted by molar-refractivity contribution is 9.10. The maximum Gasteiger partial charge on any atom is 0.262 e. The lowest BCUT2D eigenvalue weighted by molar-refractivity contribution is -0.128. The van der Waals surface area contributed by atoms with Gasteiger partial charge in [0, 0.05) is 32.3 Å². The van der Waals surface area contributed by atoms with E-state index in [9.17, 15) is 9.59 Å². The molecular formula is C21H22BrN3O4. The van der Waals surface area contributed by atoms with E-state index in [1.807, 2.05) is 25.1 Å². The van der Waals surface area contributed by atoms with E-state index in [4.69, 9.17) is 14.7 Å². The molecule has 1 N–H and O–H groups in total. The molecular weight excluding hydrogens is 438 g/mol. The summed E-state index contributed by atoms with van der Waals surface area (Å²) in [4.78, 5) is 25.5. The predicted octanol–water partition coefficient (Wildman–Crippen LogP) is 3.72. The number of rotatable bonds is 8. The number of ether oxygens (including phenoxy) is 2. The van der Waals surface area contributed by atoms with Gasteiger partial charge in [0.2, 0.25) is 5.91 Å². The standard InChI is InChI=1S/C21H22BrN3O4/c1-4-28-19-10-15(11-23)9-17(22)21(19)29-13-20(27)24-18-8-6-5-7-16(18)12-25(3)14(2)26/h5-10H,4,12-13H2,1-3H3,(H,24,27). The molecule has 0 aliphatic rings. The third-order valence-electron chi connectivity index (χ3n) is 4.02. The van der Waals surface area contributed by atoms with Crippen molar-refractivity contribution in [3.63, 3.8) is 0 Å². The van der Waals surface area contributed by atoms with E-state index in [1.54, 1.807) is 36.2 Å². The second-order valence-corrected chi connectivity index (χ2v) is 7.05. The molecule has 2 aromatic carbocycles. The van der Waals surface area contributed by atoms with Gasteiger partial charge >= 0.3 is 0 Å². The van der Waals surface area contributed by atoms with Crippen molar-refractivity contribution >= 4 is 33.4 Å². The van der Waals surface area contributed by atoms with Crippen LogP contribution in [0, 0.1) is 11.3 Å². The first kappa shape index (κ1) is 22.2. The van der Waals surface area contributed by atoms with Gasteiger partial charge in [-0.1, -0.05) is 18.2 Å². The summed E-state index contributed by atoms with van der Waals surface area (Å²) in [5, 5.41) is 11.9. The summed E-state index contributed by atoms with van der Waals surface area (Å²) < 4.78 is 11.7. The van der Waals surface area contributed by atoms with Gasteiger partial charge in [-0.25, -0.2) is 0 Å². The molecule has 2 amide bonds. The van der Waals surface area contributed by atoms with Gasteiger partial charge in [-0.3, -0.25) is 9.59 Å². The molecule has 29 heavy (non-hydrogen) atoms. The minimum atomic E-state index is -0.360. The Morgan fingerprint density at radius 3 is 2.62 bits per heavy atom. The van der Waals surface area contributed by atoms with E-state index < -0.39 is 0 Å². The van der Waals surface area contributed by atoms with Crippen molar-refractivity contribution in [3.05, 3.63) is 52.0 Å². The lowest BCUT2D eigenvalue weighted by Crippen LogP contribution is -2.25. The van der Waals surface area contributed by atoms with Crippen LogP contribution in [0.25, 0.3) is 0 Å². The van der Waals surface area contributed by atoms with E-state index in [1.165, 1.54) is 6.92 Å². The van der Waals surface area contributed by atoms with Crippen LogP contribution in [0.3, 0.4) is 0 Å². The molecule has 0 fully saturated rings. The molecule has 2 rings (SSSR count). The number of anilines is 1. The number of nitrogens with zero attached hydrogens (tertiary/aromatic N) is 2. The smallest absolute Gasteiger partial charge is 0.262 e. The average Bonchev–Trinajstić information content (AvgIpc) is 2.68. The van der Waals surface area contributed by atoms with Crippen LogP contribution in [-0.2, 0) is 16.1 Å². The Kier molecular flexibility index (Phi) is 8.04. The number of hydrogen-bond donors (Lipinski definition) is 1.